The van der Waals surface area contributed by atoms with Crippen molar-refractivity contribution in [2.45, 2.75) is 25.1 Å². The van der Waals surface area contributed by atoms with Gasteiger partial charge in [0.1, 0.15) is 5.75 Å². The molecule has 0 bridgehead atoms. The highest BCUT2D eigenvalue weighted by Crippen LogP contribution is 2.30. The molecule has 0 saturated carbocycles. The van der Waals surface area contributed by atoms with Crippen molar-refractivity contribution in [2.24, 2.45) is 0 Å². The van der Waals surface area contributed by atoms with Crippen molar-refractivity contribution in [2.75, 3.05) is 6.54 Å². The van der Waals surface area contributed by atoms with E-state index in [1.165, 1.54) is 36.4 Å². The lowest BCUT2D eigenvalue weighted by atomic mass is 9.84. The van der Waals surface area contributed by atoms with Crippen LogP contribution in [0.5, 0.6) is 5.75 Å². The maximum absolute atomic E-state index is 13.7. The molecule has 0 fully saturated rings. The van der Waals surface area contributed by atoms with Crippen molar-refractivity contribution in [3.05, 3.63) is 125 Å². The third-order valence-corrected chi connectivity index (χ3v) is 6.59. The number of benzene rings is 4. The van der Waals surface area contributed by atoms with Crippen molar-refractivity contribution < 1.29 is 42.2 Å². The van der Waals surface area contributed by atoms with Gasteiger partial charge in [0.15, 0.2) is 11.6 Å². The molecule has 220 valence electrons. The van der Waals surface area contributed by atoms with Gasteiger partial charge >= 0.3 is 12.3 Å². The zero-order valence-corrected chi connectivity index (χ0v) is 22.6. The summed E-state index contributed by atoms with van der Waals surface area (Å²) in [7, 11) is 0. The summed E-state index contributed by atoms with van der Waals surface area (Å²) in [5, 5.41) is 11.2. The van der Waals surface area contributed by atoms with Crippen LogP contribution in [0.3, 0.4) is 0 Å². The van der Waals surface area contributed by atoms with Gasteiger partial charge in [0.05, 0.1) is 12.3 Å². The van der Waals surface area contributed by atoms with Crippen LogP contribution < -0.4 is 10.1 Å². The number of hydrogen-bond donors (Lipinski definition) is 2. The zero-order valence-electron chi connectivity index (χ0n) is 22.6. The van der Waals surface area contributed by atoms with Crippen LogP contribution in [-0.2, 0) is 4.79 Å². The monoisotopic (exact) mass is 589 g/mol. The Balaban J connectivity index is 1.58. The number of hydrogen-bond acceptors (Lipinski definition) is 5. The maximum Gasteiger partial charge on any atom is 0.573 e. The standard InChI is InChI=1S/C33H26F3NO6/c34-33(35,36)43-27-16-14-24(15-17-27)29(38)20-28(23-8-6-22(7-9-23)21-4-2-1-3-5-21)31(41)25-10-12-26(13-11-25)32(42)37-19-18-30(39)40/h1-17,28H,18-20H2,(H,37,42)(H,39,40). The van der Waals surface area contributed by atoms with Crippen LogP contribution in [0.4, 0.5) is 13.2 Å². The molecule has 0 aromatic heterocycles. The molecule has 4 aromatic carbocycles. The first kappa shape index (κ1) is 30.7. The van der Waals surface area contributed by atoms with E-state index in [1.807, 2.05) is 42.5 Å². The molecule has 0 aliphatic carbocycles. The molecule has 0 radical (unpaired) electrons. The normalized spacial score (nSPS) is 11.8. The predicted molar refractivity (Wildman–Crippen MR) is 152 cm³/mol. The molecule has 0 saturated heterocycles. The number of nitrogens with one attached hydrogen (secondary N) is 1. The quantitative estimate of drug-likeness (QED) is 0.178. The molecule has 43 heavy (non-hydrogen) atoms. The van der Waals surface area contributed by atoms with Gasteiger partial charge in [0.2, 0.25) is 0 Å². The molecular formula is C33H26F3NO6. The van der Waals surface area contributed by atoms with E-state index < -0.39 is 41.5 Å². The number of carboxylic acid groups (broad SMARTS) is 1. The van der Waals surface area contributed by atoms with Crippen molar-refractivity contribution in [3.63, 3.8) is 0 Å². The van der Waals surface area contributed by atoms with Gasteiger partial charge in [-0.25, -0.2) is 0 Å². The zero-order chi connectivity index (χ0) is 31.0. The summed E-state index contributed by atoms with van der Waals surface area (Å²) in [6.07, 6.45) is -5.37. The first-order valence-corrected chi connectivity index (χ1v) is 13.2. The third kappa shape index (κ3) is 8.62. The topological polar surface area (TPSA) is 110 Å². The van der Waals surface area contributed by atoms with Crippen LogP contribution in [-0.4, -0.2) is 41.5 Å². The Morgan fingerprint density at radius 1 is 0.721 bits per heavy atom. The minimum absolute atomic E-state index is 0.0542. The lowest BCUT2D eigenvalue weighted by Gasteiger charge is -2.17. The number of halogens is 3. The minimum Gasteiger partial charge on any atom is -0.481 e. The molecule has 1 unspecified atom stereocenters. The average molecular weight is 590 g/mol. The van der Waals surface area contributed by atoms with Crippen molar-refractivity contribution in [1.82, 2.24) is 5.32 Å². The van der Waals surface area contributed by atoms with Crippen molar-refractivity contribution in [3.8, 4) is 16.9 Å². The summed E-state index contributed by atoms with van der Waals surface area (Å²) in [6.45, 7) is -0.0542. The van der Waals surface area contributed by atoms with Crippen LogP contribution in [0.25, 0.3) is 11.1 Å². The number of aliphatic carboxylic acids is 1. The molecule has 0 heterocycles. The minimum atomic E-state index is -4.87. The van der Waals surface area contributed by atoms with E-state index in [-0.39, 0.29) is 36.1 Å². The fourth-order valence-corrected chi connectivity index (χ4v) is 4.42. The van der Waals surface area contributed by atoms with E-state index in [9.17, 15) is 32.3 Å². The fraction of sp³-hybridized carbons (Fsp3) is 0.152. The second kappa shape index (κ2) is 13.6. The average Bonchev–Trinajstić information content (AvgIpc) is 2.99. The van der Waals surface area contributed by atoms with E-state index >= 15 is 0 Å². The van der Waals surface area contributed by atoms with Crippen LogP contribution in [0, 0.1) is 0 Å². The molecular weight excluding hydrogens is 563 g/mol. The van der Waals surface area contributed by atoms with Gasteiger partial charge in [0.25, 0.3) is 5.91 Å². The second-order valence-corrected chi connectivity index (χ2v) is 9.58. The summed E-state index contributed by atoms with van der Waals surface area (Å²) in [6, 6.07) is 27.0. The summed E-state index contributed by atoms with van der Waals surface area (Å²) < 4.78 is 41.5. The number of rotatable bonds is 12. The van der Waals surface area contributed by atoms with Crippen LogP contribution >= 0.6 is 0 Å². The smallest absolute Gasteiger partial charge is 0.481 e. The number of alkyl halides is 3. The van der Waals surface area contributed by atoms with E-state index in [1.54, 1.807) is 12.1 Å². The molecule has 0 spiro atoms. The molecule has 1 amide bonds. The number of Topliss-reactive ketones (excluding diaryl/α,β-unsaturated/α-hetero) is 2. The lowest BCUT2D eigenvalue weighted by molar-refractivity contribution is -0.274. The Morgan fingerprint density at radius 3 is 1.86 bits per heavy atom. The first-order valence-electron chi connectivity index (χ1n) is 13.2. The van der Waals surface area contributed by atoms with Crippen LogP contribution in [0.2, 0.25) is 0 Å². The number of ether oxygens (including phenoxy) is 1. The summed E-state index contributed by atoms with van der Waals surface area (Å²) in [5.74, 6) is -3.81. The van der Waals surface area contributed by atoms with E-state index in [0.717, 1.165) is 23.3 Å². The van der Waals surface area contributed by atoms with Crippen molar-refractivity contribution in [1.29, 1.82) is 0 Å². The molecule has 1 atom stereocenters. The Hall–Kier alpha value is -5.25. The maximum atomic E-state index is 13.7. The summed E-state index contributed by atoms with van der Waals surface area (Å²) >= 11 is 0. The van der Waals surface area contributed by atoms with Crippen LogP contribution in [0.15, 0.2) is 103 Å². The molecule has 0 aliphatic heterocycles. The number of carboxylic acids is 1. The molecule has 7 nitrogen and oxygen atoms in total. The van der Waals surface area contributed by atoms with Gasteiger partial charge in [-0.05, 0) is 53.1 Å². The third-order valence-electron chi connectivity index (χ3n) is 6.59. The van der Waals surface area contributed by atoms with Gasteiger partial charge in [-0.15, -0.1) is 13.2 Å². The highest BCUT2D eigenvalue weighted by atomic mass is 19.4. The van der Waals surface area contributed by atoms with Gasteiger partial charge in [0, 0.05) is 29.7 Å². The van der Waals surface area contributed by atoms with E-state index in [4.69, 9.17) is 5.11 Å². The fourth-order valence-electron chi connectivity index (χ4n) is 4.42. The Bertz CT molecular complexity index is 1580. The number of carbonyl (C=O) groups excluding carboxylic acids is 3. The molecule has 4 aromatic rings. The summed E-state index contributed by atoms with van der Waals surface area (Å²) in [5.41, 5.74) is 3.00. The van der Waals surface area contributed by atoms with E-state index in [0.29, 0.717) is 5.56 Å². The summed E-state index contributed by atoms with van der Waals surface area (Å²) in [4.78, 5) is 50.0. The molecule has 4 rings (SSSR count). The molecule has 2 N–H and O–H groups in total. The van der Waals surface area contributed by atoms with Gasteiger partial charge < -0.3 is 15.2 Å². The largest absolute Gasteiger partial charge is 0.573 e. The van der Waals surface area contributed by atoms with Crippen molar-refractivity contribution >= 4 is 23.4 Å². The van der Waals surface area contributed by atoms with Crippen LogP contribution in [0.1, 0.15) is 55.4 Å². The molecule has 0 aliphatic rings. The number of amides is 1. The predicted octanol–water partition coefficient (Wildman–Crippen LogP) is 6.70. The lowest BCUT2D eigenvalue weighted by Crippen LogP contribution is -2.26. The van der Waals surface area contributed by atoms with Gasteiger partial charge in [-0.1, -0.05) is 66.7 Å². The van der Waals surface area contributed by atoms with Gasteiger partial charge in [-0.3, -0.25) is 19.2 Å². The van der Waals surface area contributed by atoms with E-state index in [2.05, 4.69) is 10.1 Å². The Kier molecular flexibility index (Phi) is 9.72. The highest BCUT2D eigenvalue weighted by Gasteiger charge is 2.31. The first-order chi connectivity index (χ1) is 20.5. The number of ketones is 2. The Morgan fingerprint density at radius 2 is 1.28 bits per heavy atom. The SMILES string of the molecule is O=C(O)CCNC(=O)c1ccc(C(=O)C(CC(=O)c2ccc(OC(F)(F)F)cc2)c2ccc(-c3ccccc3)cc2)cc1. The highest BCUT2D eigenvalue weighted by molar-refractivity contribution is 6.06. The number of carbonyl (C=O) groups is 4. The van der Waals surface area contributed by atoms with Gasteiger partial charge in [-0.2, -0.15) is 0 Å². The second-order valence-electron chi connectivity index (χ2n) is 9.58. The molecule has 10 heteroatoms. The Labute approximate surface area is 244 Å².